The lowest BCUT2D eigenvalue weighted by molar-refractivity contribution is 0.687. The van der Waals surface area contributed by atoms with Crippen molar-refractivity contribution >= 4 is 23.1 Å². The molecule has 0 radical (unpaired) electrons. The predicted octanol–water partition coefficient (Wildman–Crippen LogP) is 5.58. The smallest absolute Gasteiger partial charge is 0.191 e. The standard InChI is InChI=1S/C19H23N3S2/c1-4-7-17-11-16(13-23-17)18-20-21-19(22(18)5-2)24-12-15-9-6-8-14(3)10-15/h6,8-11,13H,4-5,7,12H2,1-3H3. The molecule has 0 aliphatic heterocycles. The highest BCUT2D eigenvalue weighted by Gasteiger charge is 2.14. The van der Waals surface area contributed by atoms with Crippen molar-refractivity contribution < 1.29 is 0 Å². The van der Waals surface area contributed by atoms with Crippen molar-refractivity contribution in [3.05, 3.63) is 51.7 Å². The summed E-state index contributed by atoms with van der Waals surface area (Å²) in [7, 11) is 0. The number of nitrogens with zero attached hydrogens (tertiary/aromatic N) is 3. The summed E-state index contributed by atoms with van der Waals surface area (Å²) in [6.07, 6.45) is 2.32. The molecule has 1 aromatic carbocycles. The molecule has 0 unspecified atom stereocenters. The fourth-order valence-electron chi connectivity index (χ4n) is 2.72. The van der Waals surface area contributed by atoms with E-state index in [-0.39, 0.29) is 0 Å². The number of aryl methyl sites for hydroxylation is 2. The first-order valence-electron chi connectivity index (χ1n) is 8.40. The minimum atomic E-state index is 0.886. The van der Waals surface area contributed by atoms with E-state index < -0.39 is 0 Å². The zero-order chi connectivity index (χ0) is 16.9. The molecule has 126 valence electrons. The minimum absolute atomic E-state index is 0.886. The van der Waals surface area contributed by atoms with Crippen LogP contribution in [0.2, 0.25) is 0 Å². The van der Waals surface area contributed by atoms with Gasteiger partial charge in [0.25, 0.3) is 0 Å². The van der Waals surface area contributed by atoms with Gasteiger partial charge in [0.1, 0.15) is 0 Å². The highest BCUT2D eigenvalue weighted by Crippen LogP contribution is 2.29. The van der Waals surface area contributed by atoms with Gasteiger partial charge in [0, 0.05) is 28.1 Å². The molecule has 0 amide bonds. The molecule has 0 atom stereocenters. The summed E-state index contributed by atoms with van der Waals surface area (Å²) in [4.78, 5) is 1.42. The topological polar surface area (TPSA) is 30.7 Å². The molecule has 0 spiro atoms. The number of aromatic nitrogens is 3. The molecule has 0 fully saturated rings. The molecule has 5 heteroatoms. The number of hydrogen-bond donors (Lipinski definition) is 0. The van der Waals surface area contributed by atoms with Crippen LogP contribution >= 0.6 is 23.1 Å². The van der Waals surface area contributed by atoms with Gasteiger partial charge in [-0.2, -0.15) is 0 Å². The van der Waals surface area contributed by atoms with Crippen LogP contribution in [0.4, 0.5) is 0 Å². The zero-order valence-corrected chi connectivity index (χ0v) is 16.1. The highest BCUT2D eigenvalue weighted by molar-refractivity contribution is 7.98. The van der Waals surface area contributed by atoms with Gasteiger partial charge in [-0.3, -0.25) is 0 Å². The molecule has 2 aromatic heterocycles. The first-order chi connectivity index (χ1) is 11.7. The Labute approximate surface area is 152 Å². The highest BCUT2D eigenvalue weighted by atomic mass is 32.2. The summed E-state index contributed by atoms with van der Waals surface area (Å²) < 4.78 is 2.22. The molecule has 3 nitrogen and oxygen atoms in total. The van der Waals surface area contributed by atoms with Gasteiger partial charge < -0.3 is 4.57 Å². The van der Waals surface area contributed by atoms with Crippen LogP contribution in [0.3, 0.4) is 0 Å². The Kier molecular flexibility index (Phi) is 5.74. The second-order valence-electron chi connectivity index (χ2n) is 5.88. The van der Waals surface area contributed by atoms with Crippen molar-refractivity contribution in [1.82, 2.24) is 14.8 Å². The van der Waals surface area contributed by atoms with Gasteiger partial charge in [0.2, 0.25) is 0 Å². The maximum atomic E-state index is 4.46. The number of hydrogen-bond acceptors (Lipinski definition) is 4. The SMILES string of the molecule is CCCc1cc(-c2nnc(SCc3cccc(C)c3)n2CC)cs1. The maximum absolute atomic E-state index is 4.46. The van der Waals surface area contributed by atoms with Gasteiger partial charge in [-0.15, -0.1) is 21.5 Å². The first-order valence-corrected chi connectivity index (χ1v) is 10.3. The normalized spacial score (nSPS) is 11.1. The van der Waals surface area contributed by atoms with Crippen LogP contribution < -0.4 is 0 Å². The number of benzene rings is 1. The van der Waals surface area contributed by atoms with Gasteiger partial charge in [-0.25, -0.2) is 0 Å². The molecule has 0 aliphatic rings. The van der Waals surface area contributed by atoms with Gasteiger partial charge in [-0.1, -0.05) is 54.9 Å². The van der Waals surface area contributed by atoms with Crippen LogP contribution in [0, 0.1) is 6.92 Å². The summed E-state index contributed by atoms with van der Waals surface area (Å²) in [5.74, 6) is 1.91. The third-order valence-electron chi connectivity index (χ3n) is 3.89. The summed E-state index contributed by atoms with van der Waals surface area (Å²) >= 11 is 3.58. The molecule has 3 rings (SSSR count). The fraction of sp³-hybridized carbons (Fsp3) is 0.368. The van der Waals surface area contributed by atoms with Crippen molar-refractivity contribution in [2.24, 2.45) is 0 Å². The van der Waals surface area contributed by atoms with E-state index in [1.807, 2.05) is 11.3 Å². The van der Waals surface area contributed by atoms with Crippen LogP contribution in [0.15, 0.2) is 40.9 Å². The molecule has 0 saturated heterocycles. The fourth-order valence-corrected chi connectivity index (χ4v) is 4.63. The van der Waals surface area contributed by atoms with E-state index in [0.717, 1.165) is 29.7 Å². The largest absolute Gasteiger partial charge is 0.302 e. The lowest BCUT2D eigenvalue weighted by atomic mass is 10.2. The lowest BCUT2D eigenvalue weighted by Gasteiger charge is -2.06. The van der Waals surface area contributed by atoms with E-state index in [9.17, 15) is 0 Å². The molecule has 0 bridgehead atoms. The van der Waals surface area contributed by atoms with Crippen LogP contribution in [0.5, 0.6) is 0 Å². The zero-order valence-electron chi connectivity index (χ0n) is 14.5. The van der Waals surface area contributed by atoms with Crippen molar-refractivity contribution in [3.8, 4) is 11.4 Å². The van der Waals surface area contributed by atoms with E-state index in [4.69, 9.17) is 0 Å². The van der Waals surface area contributed by atoms with E-state index in [1.165, 1.54) is 28.0 Å². The Bertz CT molecular complexity index is 805. The van der Waals surface area contributed by atoms with Crippen LogP contribution in [-0.2, 0) is 18.7 Å². The average Bonchev–Trinajstić information content (AvgIpc) is 3.19. The second-order valence-corrected chi connectivity index (χ2v) is 7.82. The third-order valence-corrected chi connectivity index (χ3v) is 5.93. The third kappa shape index (κ3) is 3.90. The number of rotatable bonds is 7. The average molecular weight is 358 g/mol. The minimum Gasteiger partial charge on any atom is -0.302 e. The van der Waals surface area contributed by atoms with Crippen LogP contribution in [0.1, 0.15) is 36.3 Å². The Hall–Kier alpha value is -1.59. The van der Waals surface area contributed by atoms with E-state index in [1.54, 1.807) is 11.8 Å². The Balaban J connectivity index is 1.78. The van der Waals surface area contributed by atoms with Crippen molar-refractivity contribution in [1.29, 1.82) is 0 Å². The molecular weight excluding hydrogens is 334 g/mol. The van der Waals surface area contributed by atoms with Gasteiger partial charge in [0.05, 0.1) is 0 Å². The second kappa shape index (κ2) is 7.99. The van der Waals surface area contributed by atoms with Crippen molar-refractivity contribution in [2.75, 3.05) is 0 Å². The van der Waals surface area contributed by atoms with Gasteiger partial charge in [-0.05, 0) is 31.9 Å². The molecular formula is C19H23N3S2. The molecule has 3 aromatic rings. The molecule has 24 heavy (non-hydrogen) atoms. The monoisotopic (exact) mass is 357 g/mol. The van der Waals surface area contributed by atoms with E-state index >= 15 is 0 Å². The Morgan fingerprint density at radius 3 is 2.79 bits per heavy atom. The quantitative estimate of drug-likeness (QED) is 0.517. The maximum Gasteiger partial charge on any atom is 0.191 e. The predicted molar refractivity (Wildman–Crippen MR) is 104 cm³/mol. The van der Waals surface area contributed by atoms with E-state index in [0.29, 0.717) is 0 Å². The molecule has 2 heterocycles. The van der Waals surface area contributed by atoms with Gasteiger partial charge in [0.15, 0.2) is 11.0 Å². The van der Waals surface area contributed by atoms with Crippen LogP contribution in [0.25, 0.3) is 11.4 Å². The van der Waals surface area contributed by atoms with Crippen molar-refractivity contribution in [3.63, 3.8) is 0 Å². The van der Waals surface area contributed by atoms with Crippen molar-refractivity contribution in [2.45, 2.75) is 51.1 Å². The summed E-state index contributed by atoms with van der Waals surface area (Å²) in [6, 6.07) is 10.9. The number of thiophene rings is 1. The molecule has 0 aliphatic carbocycles. The summed E-state index contributed by atoms with van der Waals surface area (Å²) in [5.41, 5.74) is 3.82. The lowest BCUT2D eigenvalue weighted by Crippen LogP contribution is -1.99. The number of thioether (sulfide) groups is 1. The molecule has 0 saturated carbocycles. The van der Waals surface area contributed by atoms with Crippen LogP contribution in [-0.4, -0.2) is 14.8 Å². The van der Waals surface area contributed by atoms with Gasteiger partial charge >= 0.3 is 0 Å². The summed E-state index contributed by atoms with van der Waals surface area (Å²) in [6.45, 7) is 7.39. The molecule has 0 N–H and O–H groups in total. The summed E-state index contributed by atoms with van der Waals surface area (Å²) in [5, 5.41) is 12.1. The Morgan fingerprint density at radius 1 is 1.17 bits per heavy atom. The van der Waals surface area contributed by atoms with E-state index in [2.05, 4.69) is 71.2 Å². The Morgan fingerprint density at radius 2 is 2.04 bits per heavy atom. The first kappa shape index (κ1) is 17.2.